The summed E-state index contributed by atoms with van der Waals surface area (Å²) in [4.78, 5) is 10.4. The van der Waals surface area contributed by atoms with E-state index in [0.717, 1.165) is 0 Å². The van der Waals surface area contributed by atoms with E-state index < -0.39 is 27.2 Å². The molecular weight excluding hydrogens is 237 g/mol. The van der Waals surface area contributed by atoms with Crippen molar-refractivity contribution in [3.05, 3.63) is 0 Å². The summed E-state index contributed by atoms with van der Waals surface area (Å²) in [6.45, 7) is 0. The van der Waals surface area contributed by atoms with Gasteiger partial charge in [-0.15, -0.1) is 0 Å². The van der Waals surface area contributed by atoms with E-state index in [9.17, 15) is 18.0 Å². The molecule has 0 aliphatic carbocycles. The molecule has 0 spiro atoms. The van der Waals surface area contributed by atoms with Crippen molar-refractivity contribution in [2.75, 3.05) is 27.6 Å². The molecule has 0 fully saturated rings. The zero-order valence-electron chi connectivity index (χ0n) is 8.38. The number of alkyl halides is 3. The van der Waals surface area contributed by atoms with E-state index in [1.807, 2.05) is 0 Å². The standard InChI is InChI=1S/C6H11F3O5Si/c1-11-15(12-2,13-3)4-14-5(10)6(7,8)9/h4H2,1-3H3. The third kappa shape index (κ3) is 4.16. The maximum atomic E-state index is 11.8. The molecule has 0 amide bonds. The van der Waals surface area contributed by atoms with Gasteiger partial charge < -0.3 is 18.0 Å². The Kier molecular flexibility index (Phi) is 5.21. The third-order valence-electron chi connectivity index (χ3n) is 1.54. The molecular formula is C6H11F3O5Si. The summed E-state index contributed by atoms with van der Waals surface area (Å²) < 4.78 is 53.5. The van der Waals surface area contributed by atoms with Crippen LogP contribution in [0.5, 0.6) is 0 Å². The molecule has 0 aromatic heterocycles. The van der Waals surface area contributed by atoms with Crippen molar-refractivity contribution >= 4 is 14.8 Å². The normalized spacial score (nSPS) is 12.7. The van der Waals surface area contributed by atoms with Crippen LogP contribution in [0.25, 0.3) is 0 Å². The van der Waals surface area contributed by atoms with Crippen molar-refractivity contribution in [3.8, 4) is 0 Å². The summed E-state index contributed by atoms with van der Waals surface area (Å²) in [6.07, 6.45) is -5.72. The molecule has 0 unspecified atom stereocenters. The SMILES string of the molecule is CO[Si](COC(=O)C(F)(F)F)(OC)OC. The smallest absolute Gasteiger partial charge is 0.454 e. The predicted octanol–water partition coefficient (Wildman–Crippen LogP) is 0.509. The molecule has 0 aliphatic heterocycles. The number of esters is 1. The lowest BCUT2D eigenvalue weighted by Crippen LogP contribution is -2.49. The first-order valence-corrected chi connectivity index (χ1v) is 5.64. The fraction of sp³-hybridized carbons (Fsp3) is 0.833. The van der Waals surface area contributed by atoms with E-state index >= 15 is 0 Å². The lowest BCUT2D eigenvalue weighted by molar-refractivity contribution is -0.199. The topological polar surface area (TPSA) is 54.0 Å². The molecule has 15 heavy (non-hydrogen) atoms. The van der Waals surface area contributed by atoms with Crippen molar-refractivity contribution in [2.24, 2.45) is 0 Å². The Morgan fingerprint density at radius 3 is 1.80 bits per heavy atom. The van der Waals surface area contributed by atoms with E-state index in [1.165, 1.54) is 21.3 Å². The first kappa shape index (κ1) is 14.4. The van der Waals surface area contributed by atoms with Gasteiger partial charge in [0.2, 0.25) is 0 Å². The molecule has 9 heteroatoms. The van der Waals surface area contributed by atoms with Crippen molar-refractivity contribution in [3.63, 3.8) is 0 Å². The first-order valence-electron chi connectivity index (χ1n) is 3.70. The van der Waals surface area contributed by atoms with Crippen LogP contribution < -0.4 is 0 Å². The van der Waals surface area contributed by atoms with E-state index in [0.29, 0.717) is 0 Å². The third-order valence-corrected chi connectivity index (χ3v) is 3.91. The van der Waals surface area contributed by atoms with Crippen LogP contribution in [0.2, 0.25) is 0 Å². The van der Waals surface area contributed by atoms with Crippen molar-refractivity contribution in [1.29, 1.82) is 0 Å². The highest BCUT2D eigenvalue weighted by Gasteiger charge is 2.46. The lowest BCUT2D eigenvalue weighted by Gasteiger charge is -2.23. The Hall–Kier alpha value is -0.643. The van der Waals surface area contributed by atoms with Gasteiger partial charge in [0.05, 0.1) is 0 Å². The molecule has 0 aliphatic rings. The Morgan fingerprint density at radius 2 is 1.53 bits per heavy atom. The van der Waals surface area contributed by atoms with Crippen molar-refractivity contribution in [2.45, 2.75) is 6.18 Å². The van der Waals surface area contributed by atoms with Crippen LogP contribution in [0.4, 0.5) is 13.2 Å². The second kappa shape index (κ2) is 5.44. The van der Waals surface area contributed by atoms with Gasteiger partial charge >= 0.3 is 21.0 Å². The van der Waals surface area contributed by atoms with E-state index in [-0.39, 0.29) is 0 Å². The van der Waals surface area contributed by atoms with Gasteiger partial charge in [-0.1, -0.05) is 0 Å². The maximum absolute atomic E-state index is 11.8. The summed E-state index contributed by atoms with van der Waals surface area (Å²) in [5, 5.41) is 0. The monoisotopic (exact) mass is 248 g/mol. The molecule has 0 bridgehead atoms. The highest BCUT2D eigenvalue weighted by atomic mass is 28.4. The van der Waals surface area contributed by atoms with Crippen LogP contribution >= 0.6 is 0 Å². The fourth-order valence-corrected chi connectivity index (χ4v) is 1.82. The van der Waals surface area contributed by atoms with Crippen LogP contribution in [-0.2, 0) is 22.8 Å². The summed E-state index contributed by atoms with van der Waals surface area (Å²) in [5.74, 6) is -2.30. The predicted molar refractivity (Wildman–Crippen MR) is 43.8 cm³/mol. The number of hydrogen-bond acceptors (Lipinski definition) is 5. The minimum atomic E-state index is -5.03. The summed E-state index contributed by atoms with van der Waals surface area (Å²) in [7, 11) is 0.283. The molecule has 0 saturated heterocycles. The van der Waals surface area contributed by atoms with Gasteiger partial charge in [0, 0.05) is 21.3 Å². The van der Waals surface area contributed by atoms with Gasteiger partial charge in [0.25, 0.3) is 0 Å². The lowest BCUT2D eigenvalue weighted by atomic mass is 10.7. The molecule has 0 N–H and O–H groups in total. The molecule has 90 valence electrons. The van der Waals surface area contributed by atoms with Gasteiger partial charge in [0.15, 0.2) is 6.23 Å². The second-order valence-corrected chi connectivity index (χ2v) is 5.25. The van der Waals surface area contributed by atoms with Crippen molar-refractivity contribution < 1.29 is 36.0 Å². The van der Waals surface area contributed by atoms with Gasteiger partial charge in [0.1, 0.15) is 0 Å². The van der Waals surface area contributed by atoms with Gasteiger partial charge in [-0.05, 0) is 0 Å². The number of rotatable bonds is 5. The Balaban J connectivity index is 4.29. The molecule has 0 atom stereocenters. The van der Waals surface area contributed by atoms with Gasteiger partial charge in [-0.2, -0.15) is 13.2 Å². The zero-order valence-corrected chi connectivity index (χ0v) is 9.38. The van der Waals surface area contributed by atoms with E-state index in [1.54, 1.807) is 0 Å². The van der Waals surface area contributed by atoms with Gasteiger partial charge in [-0.3, -0.25) is 0 Å². The molecule has 0 saturated carbocycles. The van der Waals surface area contributed by atoms with Crippen LogP contribution in [0.1, 0.15) is 0 Å². The first-order chi connectivity index (χ1) is 6.81. The Labute approximate surface area is 85.4 Å². The molecule has 0 aromatic rings. The number of carbonyl (C=O) groups excluding carboxylic acids is 1. The average molecular weight is 248 g/mol. The Bertz CT molecular complexity index is 207. The molecule has 0 radical (unpaired) electrons. The number of hydrogen-bond donors (Lipinski definition) is 0. The van der Waals surface area contributed by atoms with E-state index in [2.05, 4.69) is 4.74 Å². The molecule has 0 rings (SSSR count). The largest absolute Gasteiger partial charge is 0.539 e. The Morgan fingerprint density at radius 1 is 1.13 bits per heavy atom. The van der Waals surface area contributed by atoms with Crippen LogP contribution in [0, 0.1) is 0 Å². The maximum Gasteiger partial charge on any atom is 0.539 e. The second-order valence-electron chi connectivity index (χ2n) is 2.37. The van der Waals surface area contributed by atoms with Crippen molar-refractivity contribution in [1.82, 2.24) is 0 Å². The highest BCUT2D eigenvalue weighted by Crippen LogP contribution is 2.17. The summed E-state index contributed by atoms with van der Waals surface area (Å²) in [5.41, 5.74) is 0. The molecule has 5 nitrogen and oxygen atoms in total. The molecule has 0 heterocycles. The number of ether oxygens (including phenoxy) is 1. The van der Waals surface area contributed by atoms with Crippen LogP contribution in [-0.4, -0.2) is 48.5 Å². The minimum Gasteiger partial charge on any atom is -0.454 e. The van der Waals surface area contributed by atoms with Crippen LogP contribution in [0.3, 0.4) is 0 Å². The quantitative estimate of drug-likeness (QED) is 0.524. The average Bonchev–Trinajstić information content (AvgIpc) is 2.19. The van der Waals surface area contributed by atoms with E-state index in [4.69, 9.17) is 13.3 Å². The highest BCUT2D eigenvalue weighted by molar-refractivity contribution is 6.60. The zero-order chi connectivity index (χ0) is 12.1. The number of carbonyl (C=O) groups is 1. The van der Waals surface area contributed by atoms with Crippen LogP contribution in [0.15, 0.2) is 0 Å². The van der Waals surface area contributed by atoms with Gasteiger partial charge in [-0.25, -0.2) is 4.79 Å². The summed E-state index contributed by atoms with van der Waals surface area (Å²) >= 11 is 0. The minimum absolute atomic E-state index is 0.686. The number of halogens is 3. The molecule has 0 aromatic carbocycles. The fourth-order valence-electron chi connectivity index (χ4n) is 0.663. The summed E-state index contributed by atoms with van der Waals surface area (Å²) in [6, 6.07) is 0.